The van der Waals surface area contributed by atoms with E-state index in [9.17, 15) is 19.5 Å². The summed E-state index contributed by atoms with van der Waals surface area (Å²) in [7, 11) is 0. The second-order valence-corrected chi connectivity index (χ2v) is 4.62. The summed E-state index contributed by atoms with van der Waals surface area (Å²) in [6, 6.07) is 4.77. The van der Waals surface area contributed by atoms with Gasteiger partial charge in [0.05, 0.1) is 17.2 Å². The lowest BCUT2D eigenvalue weighted by molar-refractivity contribution is -0.139. The molecule has 0 bridgehead atoms. The molecular weight excluding hydrogens is 246 g/mol. The lowest BCUT2D eigenvalue weighted by Gasteiger charge is -2.13. The van der Waals surface area contributed by atoms with Crippen LogP contribution in [0.3, 0.4) is 0 Å². The zero-order valence-electron chi connectivity index (χ0n) is 10.6. The number of ketones is 1. The normalized spacial score (nSPS) is 15.0. The molecule has 1 atom stereocenters. The van der Waals surface area contributed by atoms with Gasteiger partial charge in [0.2, 0.25) is 0 Å². The molecule has 1 unspecified atom stereocenters. The Morgan fingerprint density at radius 2 is 2.11 bits per heavy atom. The van der Waals surface area contributed by atoms with E-state index in [0.29, 0.717) is 17.7 Å². The number of fused-ring (bicyclic) bond motifs is 1. The highest BCUT2D eigenvalue weighted by molar-refractivity contribution is 6.51. The fourth-order valence-electron chi connectivity index (χ4n) is 2.22. The van der Waals surface area contributed by atoms with E-state index in [4.69, 9.17) is 0 Å². The van der Waals surface area contributed by atoms with Gasteiger partial charge in [-0.05, 0) is 24.1 Å². The molecule has 0 spiro atoms. The summed E-state index contributed by atoms with van der Waals surface area (Å²) in [5.74, 6) is -2.80. The summed E-state index contributed by atoms with van der Waals surface area (Å²) < 4.78 is 0. The first-order valence-electron chi connectivity index (χ1n) is 6.27. The monoisotopic (exact) mass is 261 g/mol. The smallest absolute Gasteiger partial charge is 0.310 e. The summed E-state index contributed by atoms with van der Waals surface area (Å²) >= 11 is 0. The number of Topliss-reactive ketones (excluding diaryl/α,β-unsaturated/α-hetero) is 1. The Labute approximate surface area is 110 Å². The Balaban J connectivity index is 2.33. The molecular formula is C14H15NO4. The molecule has 0 aromatic heterocycles. The average Bonchev–Trinajstić information content (AvgIpc) is 2.66. The third kappa shape index (κ3) is 2.50. The number of nitrogens with one attached hydrogen (secondary N) is 1. The number of hydrogen-bond acceptors (Lipinski definition) is 3. The molecule has 0 fully saturated rings. The van der Waals surface area contributed by atoms with E-state index in [-0.39, 0.29) is 5.56 Å². The van der Waals surface area contributed by atoms with Gasteiger partial charge in [-0.3, -0.25) is 14.4 Å². The molecule has 1 aliphatic rings. The van der Waals surface area contributed by atoms with E-state index >= 15 is 0 Å². The van der Waals surface area contributed by atoms with Gasteiger partial charge in [0.15, 0.2) is 0 Å². The maximum Gasteiger partial charge on any atom is 0.310 e. The van der Waals surface area contributed by atoms with Crippen LogP contribution in [0.1, 0.15) is 48.0 Å². The Bertz CT molecular complexity index is 550. The van der Waals surface area contributed by atoms with Crippen LogP contribution in [0.5, 0.6) is 0 Å². The van der Waals surface area contributed by atoms with Crippen molar-refractivity contribution in [3.05, 3.63) is 29.3 Å². The zero-order valence-corrected chi connectivity index (χ0v) is 10.6. The van der Waals surface area contributed by atoms with Crippen molar-refractivity contribution in [1.82, 2.24) is 0 Å². The van der Waals surface area contributed by atoms with E-state index in [1.807, 2.05) is 6.92 Å². The number of carboxylic acids is 1. The largest absolute Gasteiger partial charge is 0.481 e. The van der Waals surface area contributed by atoms with Crippen molar-refractivity contribution in [3.8, 4) is 0 Å². The highest BCUT2D eigenvalue weighted by Crippen LogP contribution is 2.29. The number of rotatable bonds is 5. The molecule has 1 heterocycles. The minimum absolute atomic E-state index is 0.269. The molecule has 19 heavy (non-hydrogen) atoms. The standard InChI is InChI=1S/C14H15NO4/c1-2-3-4-9(14(18)19)8-5-6-11-10(7-8)12(16)13(17)15-11/h5-7,9H,2-4H2,1H3,(H,18,19)(H,15,16,17). The molecule has 0 aliphatic carbocycles. The maximum atomic E-state index is 11.6. The topological polar surface area (TPSA) is 83.5 Å². The quantitative estimate of drug-likeness (QED) is 0.796. The molecule has 0 saturated carbocycles. The van der Waals surface area contributed by atoms with Gasteiger partial charge in [-0.1, -0.05) is 25.8 Å². The molecule has 0 saturated heterocycles. The van der Waals surface area contributed by atoms with Crippen molar-refractivity contribution < 1.29 is 19.5 Å². The lowest BCUT2D eigenvalue weighted by Crippen LogP contribution is -2.13. The van der Waals surface area contributed by atoms with Gasteiger partial charge in [-0.15, -0.1) is 0 Å². The summed E-state index contributed by atoms with van der Waals surface area (Å²) in [6.07, 6.45) is 2.24. The highest BCUT2D eigenvalue weighted by atomic mass is 16.4. The first-order valence-corrected chi connectivity index (χ1v) is 6.27. The molecule has 2 N–H and O–H groups in total. The van der Waals surface area contributed by atoms with Gasteiger partial charge in [0.25, 0.3) is 11.7 Å². The maximum absolute atomic E-state index is 11.6. The van der Waals surface area contributed by atoms with E-state index in [2.05, 4.69) is 5.32 Å². The Morgan fingerprint density at radius 3 is 2.74 bits per heavy atom. The summed E-state index contributed by atoms with van der Waals surface area (Å²) in [4.78, 5) is 34.1. The third-order valence-corrected chi connectivity index (χ3v) is 3.29. The molecule has 5 heteroatoms. The number of aliphatic carboxylic acids is 1. The summed E-state index contributed by atoms with van der Waals surface area (Å²) in [6.45, 7) is 1.99. The van der Waals surface area contributed by atoms with Gasteiger partial charge >= 0.3 is 5.97 Å². The number of amides is 1. The van der Waals surface area contributed by atoms with Crippen molar-refractivity contribution in [2.75, 3.05) is 5.32 Å². The van der Waals surface area contributed by atoms with E-state index in [0.717, 1.165) is 12.8 Å². The van der Waals surface area contributed by atoms with Crippen molar-refractivity contribution in [1.29, 1.82) is 0 Å². The van der Waals surface area contributed by atoms with Crippen molar-refractivity contribution in [2.45, 2.75) is 32.1 Å². The van der Waals surface area contributed by atoms with Crippen LogP contribution in [-0.2, 0) is 9.59 Å². The number of anilines is 1. The molecule has 1 aliphatic heterocycles. The van der Waals surface area contributed by atoms with Crippen LogP contribution in [-0.4, -0.2) is 22.8 Å². The van der Waals surface area contributed by atoms with Crippen molar-refractivity contribution in [3.63, 3.8) is 0 Å². The average molecular weight is 261 g/mol. The molecule has 1 aromatic carbocycles. The van der Waals surface area contributed by atoms with Crippen LogP contribution >= 0.6 is 0 Å². The van der Waals surface area contributed by atoms with Crippen LogP contribution < -0.4 is 5.32 Å². The Kier molecular flexibility index (Phi) is 3.64. The number of carbonyl (C=O) groups excluding carboxylic acids is 2. The highest BCUT2D eigenvalue weighted by Gasteiger charge is 2.29. The van der Waals surface area contributed by atoms with E-state index in [1.54, 1.807) is 12.1 Å². The number of hydrogen-bond donors (Lipinski definition) is 2. The molecule has 1 amide bonds. The van der Waals surface area contributed by atoms with E-state index in [1.165, 1.54) is 6.07 Å². The van der Waals surface area contributed by atoms with Gasteiger partial charge in [-0.25, -0.2) is 0 Å². The molecule has 100 valence electrons. The van der Waals surface area contributed by atoms with Gasteiger partial charge in [-0.2, -0.15) is 0 Å². The Hall–Kier alpha value is -2.17. The number of carboxylic acid groups (broad SMARTS) is 1. The fraction of sp³-hybridized carbons (Fsp3) is 0.357. The first kappa shape index (κ1) is 13.3. The predicted molar refractivity (Wildman–Crippen MR) is 69.3 cm³/mol. The fourth-order valence-corrected chi connectivity index (χ4v) is 2.22. The zero-order chi connectivity index (χ0) is 14.0. The third-order valence-electron chi connectivity index (χ3n) is 3.29. The molecule has 2 rings (SSSR count). The first-order chi connectivity index (χ1) is 9.04. The van der Waals surface area contributed by atoms with Crippen LogP contribution in [0.4, 0.5) is 5.69 Å². The molecule has 5 nitrogen and oxygen atoms in total. The van der Waals surface area contributed by atoms with Crippen molar-refractivity contribution >= 4 is 23.3 Å². The second kappa shape index (κ2) is 5.22. The van der Waals surface area contributed by atoms with Gasteiger partial charge in [0, 0.05) is 0 Å². The van der Waals surface area contributed by atoms with E-state index < -0.39 is 23.6 Å². The van der Waals surface area contributed by atoms with Crippen LogP contribution in [0.25, 0.3) is 0 Å². The number of carbonyl (C=O) groups is 3. The van der Waals surface area contributed by atoms with Crippen molar-refractivity contribution in [2.24, 2.45) is 0 Å². The summed E-state index contributed by atoms with van der Waals surface area (Å²) in [5, 5.41) is 11.7. The minimum atomic E-state index is -0.905. The lowest BCUT2D eigenvalue weighted by atomic mass is 9.92. The van der Waals surface area contributed by atoms with Crippen LogP contribution in [0.15, 0.2) is 18.2 Å². The Morgan fingerprint density at radius 1 is 1.37 bits per heavy atom. The van der Waals surface area contributed by atoms with Crippen LogP contribution in [0, 0.1) is 0 Å². The van der Waals surface area contributed by atoms with Gasteiger partial charge in [0.1, 0.15) is 0 Å². The number of benzene rings is 1. The summed E-state index contributed by atoms with van der Waals surface area (Å²) in [5.41, 5.74) is 1.30. The SMILES string of the molecule is CCCCC(C(=O)O)c1ccc2c(c1)C(=O)C(=O)N2. The number of unbranched alkanes of at least 4 members (excludes halogenated alkanes) is 1. The molecule has 1 aromatic rings. The van der Waals surface area contributed by atoms with Crippen LogP contribution in [0.2, 0.25) is 0 Å². The second-order valence-electron chi connectivity index (χ2n) is 4.62. The predicted octanol–water partition coefficient (Wildman–Crippen LogP) is 2.18. The minimum Gasteiger partial charge on any atom is -0.481 e. The van der Waals surface area contributed by atoms with Gasteiger partial charge < -0.3 is 10.4 Å². The molecule has 0 radical (unpaired) electrons.